The first-order valence-electron chi connectivity index (χ1n) is 4.49. The van der Waals surface area contributed by atoms with Gasteiger partial charge in [0, 0.05) is 11.6 Å². The molecule has 0 bridgehead atoms. The molecule has 0 saturated carbocycles. The van der Waals surface area contributed by atoms with Crippen molar-refractivity contribution in [2.24, 2.45) is 5.92 Å². The van der Waals surface area contributed by atoms with Gasteiger partial charge < -0.3 is 0 Å². The van der Waals surface area contributed by atoms with E-state index in [-0.39, 0.29) is 0 Å². The summed E-state index contributed by atoms with van der Waals surface area (Å²) in [6.07, 6.45) is 0. The van der Waals surface area contributed by atoms with E-state index >= 15 is 0 Å². The Bertz CT molecular complexity index is 111. The molecule has 11 heavy (non-hydrogen) atoms. The van der Waals surface area contributed by atoms with Crippen LogP contribution in [0.3, 0.4) is 0 Å². The summed E-state index contributed by atoms with van der Waals surface area (Å²) in [5.41, 5.74) is 0.295. The Morgan fingerprint density at radius 1 is 1.00 bits per heavy atom. The average Bonchev–Trinajstić information content (AvgIpc) is 1.82. The summed E-state index contributed by atoms with van der Waals surface area (Å²) in [7, 11) is 2.20. The van der Waals surface area contributed by atoms with Gasteiger partial charge in [0.15, 0.2) is 0 Å². The fraction of sp³-hybridized carbons (Fsp3) is 1.00. The van der Waals surface area contributed by atoms with Crippen molar-refractivity contribution in [1.29, 1.82) is 0 Å². The summed E-state index contributed by atoms with van der Waals surface area (Å²) in [6.45, 7) is 13.6. The summed E-state index contributed by atoms with van der Waals surface area (Å²) in [5.74, 6) is 0.735. The molecule has 0 N–H and O–H groups in total. The van der Waals surface area contributed by atoms with E-state index in [0.29, 0.717) is 11.6 Å². The third-order valence-electron chi connectivity index (χ3n) is 2.63. The van der Waals surface area contributed by atoms with Crippen LogP contribution in [-0.4, -0.2) is 23.5 Å². The Morgan fingerprint density at radius 3 is 1.45 bits per heavy atom. The summed E-state index contributed by atoms with van der Waals surface area (Å²) in [4.78, 5) is 2.43. The van der Waals surface area contributed by atoms with Crippen LogP contribution in [0.5, 0.6) is 0 Å². The van der Waals surface area contributed by atoms with Crippen LogP contribution in [0.25, 0.3) is 0 Å². The van der Waals surface area contributed by atoms with Gasteiger partial charge in [-0.05, 0) is 40.7 Å². The lowest BCUT2D eigenvalue weighted by atomic mass is 9.98. The third-order valence-corrected chi connectivity index (χ3v) is 2.63. The van der Waals surface area contributed by atoms with Crippen molar-refractivity contribution in [3.05, 3.63) is 0 Å². The summed E-state index contributed by atoms with van der Waals surface area (Å²) < 4.78 is 0. The quantitative estimate of drug-likeness (QED) is 0.596. The van der Waals surface area contributed by atoms with E-state index in [4.69, 9.17) is 0 Å². The molecule has 0 aromatic carbocycles. The average molecular weight is 157 g/mol. The number of hydrogen-bond acceptors (Lipinski definition) is 1. The normalized spacial score (nSPS) is 16.1. The second-order valence-corrected chi connectivity index (χ2v) is 4.77. The minimum atomic E-state index is 0.295. The standard InChI is InChI=1S/C10H23N/c1-8(2)9(3)11(7)10(4,5)6/h8-9H,1-7H3/t9-/m0/s1. The van der Waals surface area contributed by atoms with Crippen LogP contribution in [-0.2, 0) is 0 Å². The van der Waals surface area contributed by atoms with Gasteiger partial charge in [0.2, 0.25) is 0 Å². The molecule has 0 amide bonds. The molecular weight excluding hydrogens is 134 g/mol. The first kappa shape index (κ1) is 11.0. The Labute approximate surface area is 71.8 Å². The molecule has 0 fully saturated rings. The Balaban J connectivity index is 4.13. The van der Waals surface area contributed by atoms with Crippen molar-refractivity contribution in [2.45, 2.75) is 53.1 Å². The predicted octanol–water partition coefficient (Wildman–Crippen LogP) is 2.76. The van der Waals surface area contributed by atoms with Crippen LogP contribution >= 0.6 is 0 Å². The van der Waals surface area contributed by atoms with Crippen LogP contribution in [0.1, 0.15) is 41.5 Å². The van der Waals surface area contributed by atoms with Crippen molar-refractivity contribution in [3.8, 4) is 0 Å². The van der Waals surface area contributed by atoms with Crippen molar-refractivity contribution in [2.75, 3.05) is 7.05 Å². The Kier molecular flexibility index (Phi) is 3.56. The second-order valence-electron chi connectivity index (χ2n) is 4.77. The third kappa shape index (κ3) is 3.24. The minimum absolute atomic E-state index is 0.295. The molecular formula is C10H23N. The van der Waals surface area contributed by atoms with Crippen LogP contribution in [0.4, 0.5) is 0 Å². The van der Waals surface area contributed by atoms with Crippen molar-refractivity contribution in [3.63, 3.8) is 0 Å². The fourth-order valence-electron chi connectivity index (χ4n) is 1.06. The van der Waals surface area contributed by atoms with E-state index in [0.717, 1.165) is 5.92 Å². The highest BCUT2D eigenvalue weighted by molar-refractivity contribution is 4.79. The van der Waals surface area contributed by atoms with Crippen molar-refractivity contribution < 1.29 is 0 Å². The van der Waals surface area contributed by atoms with Crippen LogP contribution < -0.4 is 0 Å². The van der Waals surface area contributed by atoms with E-state index in [1.165, 1.54) is 0 Å². The summed E-state index contributed by atoms with van der Waals surface area (Å²) in [5, 5.41) is 0. The first-order chi connectivity index (χ1) is 4.76. The number of hydrogen-bond donors (Lipinski definition) is 0. The van der Waals surface area contributed by atoms with E-state index in [9.17, 15) is 0 Å². The SMILES string of the molecule is CC(C)[C@H](C)N(C)C(C)(C)C. The predicted molar refractivity (Wildman–Crippen MR) is 51.8 cm³/mol. The summed E-state index contributed by atoms with van der Waals surface area (Å²) >= 11 is 0. The zero-order valence-corrected chi connectivity index (χ0v) is 9.10. The van der Waals surface area contributed by atoms with Gasteiger partial charge in [-0.1, -0.05) is 13.8 Å². The van der Waals surface area contributed by atoms with Gasteiger partial charge in [-0.3, -0.25) is 4.90 Å². The van der Waals surface area contributed by atoms with Gasteiger partial charge in [-0.25, -0.2) is 0 Å². The zero-order valence-electron chi connectivity index (χ0n) is 9.10. The van der Waals surface area contributed by atoms with Crippen molar-refractivity contribution in [1.82, 2.24) is 4.90 Å². The Hall–Kier alpha value is -0.0400. The maximum atomic E-state index is 2.43. The molecule has 1 heteroatoms. The Morgan fingerprint density at radius 2 is 1.36 bits per heavy atom. The first-order valence-corrected chi connectivity index (χ1v) is 4.49. The van der Waals surface area contributed by atoms with Crippen molar-refractivity contribution >= 4 is 0 Å². The van der Waals surface area contributed by atoms with Crippen LogP contribution in [0.2, 0.25) is 0 Å². The second kappa shape index (κ2) is 3.57. The summed E-state index contributed by atoms with van der Waals surface area (Å²) in [6, 6.07) is 0.662. The lowest BCUT2D eigenvalue weighted by Gasteiger charge is -2.38. The highest BCUT2D eigenvalue weighted by atomic mass is 15.2. The molecule has 0 aromatic heterocycles. The highest BCUT2D eigenvalue weighted by Crippen LogP contribution is 2.18. The molecule has 0 saturated heterocycles. The molecule has 68 valence electrons. The molecule has 0 unspecified atom stereocenters. The molecule has 0 heterocycles. The maximum Gasteiger partial charge on any atom is 0.0124 e. The molecule has 0 rings (SSSR count). The maximum absolute atomic E-state index is 2.43. The van der Waals surface area contributed by atoms with Gasteiger partial charge in [-0.2, -0.15) is 0 Å². The van der Waals surface area contributed by atoms with Gasteiger partial charge in [-0.15, -0.1) is 0 Å². The number of rotatable bonds is 2. The smallest absolute Gasteiger partial charge is 0.0124 e. The topological polar surface area (TPSA) is 3.24 Å². The monoisotopic (exact) mass is 157 g/mol. The fourth-order valence-corrected chi connectivity index (χ4v) is 1.06. The zero-order chi connectivity index (χ0) is 9.23. The van der Waals surface area contributed by atoms with E-state index in [1.807, 2.05) is 0 Å². The van der Waals surface area contributed by atoms with Crippen LogP contribution in [0, 0.1) is 5.92 Å². The number of nitrogens with zero attached hydrogens (tertiary/aromatic N) is 1. The molecule has 0 radical (unpaired) electrons. The molecule has 0 aliphatic rings. The van der Waals surface area contributed by atoms with Gasteiger partial charge in [0.05, 0.1) is 0 Å². The molecule has 1 nitrogen and oxygen atoms in total. The highest BCUT2D eigenvalue weighted by Gasteiger charge is 2.23. The van der Waals surface area contributed by atoms with Gasteiger partial charge in [0.25, 0.3) is 0 Å². The lowest BCUT2D eigenvalue weighted by molar-refractivity contribution is 0.0987. The molecule has 0 aliphatic heterocycles. The van der Waals surface area contributed by atoms with Gasteiger partial charge in [0.1, 0.15) is 0 Å². The minimum Gasteiger partial charge on any atom is -0.299 e. The molecule has 1 atom stereocenters. The van der Waals surface area contributed by atoms with E-state index < -0.39 is 0 Å². The molecule has 0 aromatic rings. The lowest BCUT2D eigenvalue weighted by Crippen LogP contribution is -2.46. The van der Waals surface area contributed by atoms with E-state index in [2.05, 4.69) is 53.5 Å². The van der Waals surface area contributed by atoms with Crippen LogP contribution in [0.15, 0.2) is 0 Å². The van der Waals surface area contributed by atoms with Gasteiger partial charge >= 0.3 is 0 Å². The molecule has 0 aliphatic carbocycles. The van der Waals surface area contributed by atoms with E-state index in [1.54, 1.807) is 0 Å². The largest absolute Gasteiger partial charge is 0.299 e. The molecule has 0 spiro atoms.